The van der Waals surface area contributed by atoms with Gasteiger partial charge >= 0.3 is 0 Å². The Labute approximate surface area is 123 Å². The van der Waals surface area contributed by atoms with Gasteiger partial charge in [0.05, 0.1) is 5.56 Å². The van der Waals surface area contributed by atoms with Crippen molar-refractivity contribution in [2.75, 3.05) is 24.7 Å². The van der Waals surface area contributed by atoms with E-state index in [9.17, 15) is 9.18 Å². The molecule has 5 heteroatoms. The number of hydrogen-bond acceptors (Lipinski definition) is 3. The lowest BCUT2D eigenvalue weighted by atomic mass is 10.1. The van der Waals surface area contributed by atoms with E-state index in [1.165, 1.54) is 12.1 Å². The highest BCUT2D eigenvalue weighted by molar-refractivity contribution is 6.00. The van der Waals surface area contributed by atoms with Crippen molar-refractivity contribution in [3.63, 3.8) is 0 Å². The first-order valence-corrected chi connectivity index (χ1v) is 6.57. The summed E-state index contributed by atoms with van der Waals surface area (Å²) < 4.78 is 13.1. The van der Waals surface area contributed by atoms with E-state index in [1.807, 2.05) is 19.0 Å². The van der Waals surface area contributed by atoms with E-state index in [2.05, 4.69) is 5.32 Å². The number of rotatable bonds is 4. The first kappa shape index (κ1) is 14.8. The number of anilines is 2. The van der Waals surface area contributed by atoms with Gasteiger partial charge in [-0.15, -0.1) is 0 Å². The SMILES string of the molecule is CN(C)c1ccc(N)cc1C(=O)NCc1cccc(F)c1. The highest BCUT2D eigenvalue weighted by atomic mass is 19.1. The van der Waals surface area contributed by atoms with Crippen molar-refractivity contribution >= 4 is 17.3 Å². The van der Waals surface area contributed by atoms with Gasteiger partial charge in [-0.05, 0) is 35.9 Å². The molecule has 0 aliphatic rings. The molecule has 110 valence electrons. The van der Waals surface area contributed by atoms with Crippen molar-refractivity contribution in [2.45, 2.75) is 6.54 Å². The maximum atomic E-state index is 13.1. The Morgan fingerprint density at radius 2 is 2.00 bits per heavy atom. The smallest absolute Gasteiger partial charge is 0.253 e. The molecule has 0 saturated carbocycles. The molecule has 21 heavy (non-hydrogen) atoms. The fraction of sp³-hybridized carbons (Fsp3) is 0.188. The molecule has 0 fully saturated rings. The molecule has 0 aliphatic carbocycles. The van der Waals surface area contributed by atoms with Gasteiger partial charge in [0.2, 0.25) is 0 Å². The maximum absolute atomic E-state index is 13.1. The van der Waals surface area contributed by atoms with Crippen LogP contribution in [0.1, 0.15) is 15.9 Å². The molecular weight excluding hydrogens is 269 g/mol. The largest absolute Gasteiger partial charge is 0.399 e. The zero-order valence-corrected chi connectivity index (χ0v) is 12.1. The number of nitrogens with zero attached hydrogens (tertiary/aromatic N) is 1. The maximum Gasteiger partial charge on any atom is 0.253 e. The molecule has 0 atom stereocenters. The fourth-order valence-electron chi connectivity index (χ4n) is 2.05. The van der Waals surface area contributed by atoms with E-state index in [1.54, 1.807) is 30.3 Å². The third-order valence-electron chi connectivity index (χ3n) is 3.09. The predicted octanol–water partition coefficient (Wildman–Crippen LogP) is 2.40. The molecule has 0 bridgehead atoms. The standard InChI is InChI=1S/C16H18FN3O/c1-20(2)15-7-6-13(18)9-14(15)16(21)19-10-11-4-3-5-12(17)8-11/h3-9H,10,18H2,1-2H3,(H,19,21). The van der Waals surface area contributed by atoms with Crippen molar-refractivity contribution in [3.8, 4) is 0 Å². The molecule has 0 heterocycles. The fourth-order valence-corrected chi connectivity index (χ4v) is 2.05. The van der Waals surface area contributed by atoms with Crippen molar-refractivity contribution in [1.82, 2.24) is 5.32 Å². The van der Waals surface area contributed by atoms with Crippen molar-refractivity contribution < 1.29 is 9.18 Å². The van der Waals surface area contributed by atoms with Crippen LogP contribution in [0, 0.1) is 5.82 Å². The van der Waals surface area contributed by atoms with E-state index < -0.39 is 0 Å². The summed E-state index contributed by atoms with van der Waals surface area (Å²) in [6.45, 7) is 0.262. The Kier molecular flexibility index (Phi) is 4.42. The molecule has 2 aromatic carbocycles. The number of amides is 1. The van der Waals surface area contributed by atoms with Crippen molar-refractivity contribution in [1.29, 1.82) is 0 Å². The Bertz CT molecular complexity index is 656. The third-order valence-corrected chi connectivity index (χ3v) is 3.09. The normalized spacial score (nSPS) is 10.2. The van der Waals surface area contributed by atoms with E-state index in [0.717, 1.165) is 5.69 Å². The summed E-state index contributed by atoms with van der Waals surface area (Å²) in [4.78, 5) is 14.1. The van der Waals surface area contributed by atoms with Crippen LogP contribution in [0.2, 0.25) is 0 Å². The molecule has 3 N–H and O–H groups in total. The summed E-state index contributed by atoms with van der Waals surface area (Å²) in [5.74, 6) is -0.560. The molecule has 0 unspecified atom stereocenters. The van der Waals surface area contributed by atoms with Gasteiger partial charge in [0.25, 0.3) is 5.91 Å². The second-order valence-corrected chi connectivity index (χ2v) is 4.98. The van der Waals surface area contributed by atoms with Gasteiger partial charge in [-0.25, -0.2) is 4.39 Å². The summed E-state index contributed by atoms with van der Waals surface area (Å²) in [5, 5.41) is 2.78. The summed E-state index contributed by atoms with van der Waals surface area (Å²) in [6.07, 6.45) is 0. The highest BCUT2D eigenvalue weighted by Gasteiger charge is 2.13. The molecule has 2 aromatic rings. The van der Waals surface area contributed by atoms with Crippen LogP contribution < -0.4 is 16.0 Å². The molecule has 1 amide bonds. The molecular formula is C16H18FN3O. The average molecular weight is 287 g/mol. The quantitative estimate of drug-likeness (QED) is 0.849. The summed E-state index contributed by atoms with van der Waals surface area (Å²) in [7, 11) is 3.71. The lowest BCUT2D eigenvalue weighted by Crippen LogP contribution is -2.25. The van der Waals surface area contributed by atoms with Crippen LogP contribution in [-0.2, 0) is 6.54 Å². The topological polar surface area (TPSA) is 58.4 Å². The van der Waals surface area contributed by atoms with Gasteiger partial charge in [-0.1, -0.05) is 12.1 Å². The van der Waals surface area contributed by atoms with Crippen LogP contribution in [0.3, 0.4) is 0 Å². The summed E-state index contributed by atoms with van der Waals surface area (Å²) >= 11 is 0. The van der Waals surface area contributed by atoms with E-state index in [-0.39, 0.29) is 18.3 Å². The van der Waals surface area contributed by atoms with Crippen LogP contribution in [0.5, 0.6) is 0 Å². The van der Waals surface area contributed by atoms with Crippen molar-refractivity contribution in [2.24, 2.45) is 0 Å². The zero-order chi connectivity index (χ0) is 15.4. The van der Waals surface area contributed by atoms with Gasteiger partial charge in [0.1, 0.15) is 5.82 Å². The molecule has 0 aromatic heterocycles. The van der Waals surface area contributed by atoms with E-state index >= 15 is 0 Å². The van der Waals surface area contributed by atoms with Gasteiger partial charge in [0, 0.05) is 32.0 Å². The first-order valence-electron chi connectivity index (χ1n) is 6.57. The number of carbonyl (C=O) groups excluding carboxylic acids is 1. The number of nitrogen functional groups attached to an aromatic ring is 1. The predicted molar refractivity (Wildman–Crippen MR) is 82.8 cm³/mol. The van der Waals surface area contributed by atoms with Crippen LogP contribution in [0.4, 0.5) is 15.8 Å². The molecule has 4 nitrogen and oxygen atoms in total. The van der Waals surface area contributed by atoms with Gasteiger partial charge < -0.3 is 16.0 Å². The van der Waals surface area contributed by atoms with Crippen LogP contribution in [0.15, 0.2) is 42.5 Å². The number of nitrogens with one attached hydrogen (secondary N) is 1. The van der Waals surface area contributed by atoms with E-state index in [0.29, 0.717) is 16.8 Å². The van der Waals surface area contributed by atoms with Crippen LogP contribution in [-0.4, -0.2) is 20.0 Å². The summed E-state index contributed by atoms with van der Waals surface area (Å²) in [5.41, 5.74) is 8.25. The number of carbonyl (C=O) groups is 1. The molecule has 0 radical (unpaired) electrons. The highest BCUT2D eigenvalue weighted by Crippen LogP contribution is 2.21. The minimum absolute atomic E-state index is 0.240. The van der Waals surface area contributed by atoms with E-state index in [4.69, 9.17) is 5.73 Å². The minimum atomic E-state index is -0.320. The second-order valence-electron chi connectivity index (χ2n) is 4.98. The lowest BCUT2D eigenvalue weighted by molar-refractivity contribution is 0.0951. The Morgan fingerprint density at radius 3 is 2.67 bits per heavy atom. The Morgan fingerprint density at radius 1 is 1.24 bits per heavy atom. The number of benzene rings is 2. The molecule has 0 spiro atoms. The number of hydrogen-bond donors (Lipinski definition) is 2. The molecule has 2 rings (SSSR count). The third kappa shape index (κ3) is 3.72. The zero-order valence-electron chi connectivity index (χ0n) is 12.1. The van der Waals surface area contributed by atoms with Gasteiger partial charge in [-0.3, -0.25) is 4.79 Å². The van der Waals surface area contributed by atoms with Gasteiger partial charge in [-0.2, -0.15) is 0 Å². The minimum Gasteiger partial charge on any atom is -0.399 e. The first-order chi connectivity index (χ1) is 9.97. The Balaban J connectivity index is 2.15. The Hall–Kier alpha value is -2.56. The second kappa shape index (κ2) is 6.26. The van der Waals surface area contributed by atoms with Crippen LogP contribution >= 0.6 is 0 Å². The van der Waals surface area contributed by atoms with Gasteiger partial charge in [0.15, 0.2) is 0 Å². The summed E-state index contributed by atoms with van der Waals surface area (Å²) in [6, 6.07) is 11.3. The monoisotopic (exact) mass is 287 g/mol. The van der Waals surface area contributed by atoms with Crippen LogP contribution in [0.25, 0.3) is 0 Å². The number of nitrogens with two attached hydrogens (primary N) is 1. The number of halogens is 1. The molecule has 0 aliphatic heterocycles. The average Bonchev–Trinajstić information content (AvgIpc) is 2.44. The lowest BCUT2D eigenvalue weighted by Gasteiger charge is -2.17. The molecule has 0 saturated heterocycles. The van der Waals surface area contributed by atoms with Crippen molar-refractivity contribution in [3.05, 3.63) is 59.4 Å².